The molecule has 0 unspecified atom stereocenters. The molecule has 0 saturated heterocycles. The predicted molar refractivity (Wildman–Crippen MR) is 117 cm³/mol. The normalized spacial score (nSPS) is 10.9. The summed E-state index contributed by atoms with van der Waals surface area (Å²) < 4.78 is 14.8. The number of nitrogens with two attached hydrogens (primary N) is 1. The van der Waals surface area contributed by atoms with Gasteiger partial charge >= 0.3 is 180 Å². The van der Waals surface area contributed by atoms with Crippen LogP contribution in [0.1, 0.15) is 17.3 Å². The summed E-state index contributed by atoms with van der Waals surface area (Å²) in [5.74, 6) is 1.58. The van der Waals surface area contributed by atoms with Gasteiger partial charge < -0.3 is 0 Å². The Morgan fingerprint density at radius 3 is 2.57 bits per heavy atom. The van der Waals surface area contributed by atoms with Crippen LogP contribution in [-0.4, -0.2) is 49.1 Å². The fraction of sp³-hybridized carbons (Fsp3) is 0.136. The third-order valence-corrected chi connectivity index (χ3v) is 6.71. The molecule has 0 aliphatic heterocycles. The van der Waals surface area contributed by atoms with Gasteiger partial charge in [-0.1, -0.05) is 0 Å². The molecule has 4 rings (SSSR count). The van der Waals surface area contributed by atoms with E-state index < -0.39 is 5.91 Å². The van der Waals surface area contributed by atoms with Crippen LogP contribution >= 0.6 is 0 Å². The van der Waals surface area contributed by atoms with Crippen LogP contribution in [0.25, 0.3) is 16.9 Å². The maximum absolute atomic E-state index is 12.0. The summed E-state index contributed by atoms with van der Waals surface area (Å²) in [6.45, 7) is 2.55. The standard InChI is InChI=1S/C22H20N4O3Se/c1-3-29-16-6-8-18-14(11-16)12-20(26(18)22-24-9-4-10-25-22)30-19-13-15(28-2)5-7-17(19)21(23)27/h4-13H,3H2,1-2H3,(H2,23,27). The second-order valence-electron chi connectivity index (χ2n) is 6.35. The molecule has 0 saturated carbocycles. The zero-order valence-electron chi connectivity index (χ0n) is 16.5. The predicted octanol–water partition coefficient (Wildman–Crippen LogP) is 1.58. The van der Waals surface area contributed by atoms with Crippen molar-refractivity contribution in [1.82, 2.24) is 14.5 Å². The van der Waals surface area contributed by atoms with Gasteiger partial charge in [-0.25, -0.2) is 0 Å². The first-order valence-electron chi connectivity index (χ1n) is 9.32. The molecular formula is C22H20N4O3Se. The third kappa shape index (κ3) is 3.87. The van der Waals surface area contributed by atoms with E-state index in [1.165, 1.54) is 0 Å². The molecule has 2 N–H and O–H groups in total. The van der Waals surface area contributed by atoms with Gasteiger partial charge in [0.25, 0.3) is 0 Å². The Labute approximate surface area is 180 Å². The van der Waals surface area contributed by atoms with E-state index in [0.717, 1.165) is 25.7 Å². The first kappa shape index (κ1) is 19.9. The van der Waals surface area contributed by atoms with Gasteiger partial charge in [-0.05, 0) is 0 Å². The number of carbonyl (C=O) groups is 1. The Morgan fingerprint density at radius 2 is 1.87 bits per heavy atom. The average Bonchev–Trinajstić information content (AvgIpc) is 3.11. The molecule has 2 aromatic heterocycles. The van der Waals surface area contributed by atoms with Crippen LogP contribution in [0.15, 0.2) is 60.9 Å². The monoisotopic (exact) mass is 468 g/mol. The quantitative estimate of drug-likeness (QED) is 0.417. The topological polar surface area (TPSA) is 92.3 Å². The van der Waals surface area contributed by atoms with Crippen molar-refractivity contribution >= 4 is 40.8 Å². The minimum absolute atomic E-state index is 0.261. The fourth-order valence-electron chi connectivity index (χ4n) is 3.14. The molecule has 0 bridgehead atoms. The van der Waals surface area contributed by atoms with Crippen LogP contribution < -0.4 is 24.3 Å². The number of amides is 1. The first-order valence-corrected chi connectivity index (χ1v) is 11.0. The van der Waals surface area contributed by atoms with Gasteiger partial charge in [-0.2, -0.15) is 0 Å². The van der Waals surface area contributed by atoms with Gasteiger partial charge in [-0.3, -0.25) is 0 Å². The first-order chi connectivity index (χ1) is 14.6. The summed E-state index contributed by atoms with van der Waals surface area (Å²) in [7, 11) is 1.60. The molecule has 8 heteroatoms. The summed E-state index contributed by atoms with van der Waals surface area (Å²) in [4.78, 5) is 20.9. The second kappa shape index (κ2) is 8.57. The van der Waals surface area contributed by atoms with Crippen molar-refractivity contribution in [2.45, 2.75) is 6.92 Å². The Balaban J connectivity index is 1.89. The van der Waals surface area contributed by atoms with E-state index >= 15 is 0 Å². The molecule has 4 aromatic rings. The molecule has 0 radical (unpaired) electrons. The molecule has 0 aliphatic rings. The number of benzene rings is 2. The van der Waals surface area contributed by atoms with Crippen molar-refractivity contribution < 1.29 is 14.3 Å². The van der Waals surface area contributed by atoms with Crippen molar-refractivity contribution in [1.29, 1.82) is 0 Å². The number of aromatic nitrogens is 3. The number of hydrogen-bond donors (Lipinski definition) is 1. The van der Waals surface area contributed by atoms with Crippen molar-refractivity contribution in [3.8, 4) is 17.4 Å². The number of fused-ring (bicyclic) bond motifs is 1. The van der Waals surface area contributed by atoms with E-state index in [1.54, 1.807) is 37.7 Å². The Bertz CT molecular complexity index is 1210. The SMILES string of the molecule is CCOc1ccc2c(c1)cc([Se]c1cc(OC)ccc1C(N)=O)n2-c1ncccn1. The summed E-state index contributed by atoms with van der Waals surface area (Å²) in [5, 5.41) is 1.01. The van der Waals surface area contributed by atoms with Gasteiger partial charge in [0.1, 0.15) is 0 Å². The molecule has 0 atom stereocenters. The van der Waals surface area contributed by atoms with Crippen LogP contribution in [-0.2, 0) is 0 Å². The fourth-order valence-corrected chi connectivity index (χ4v) is 5.53. The molecule has 1 amide bonds. The van der Waals surface area contributed by atoms with Gasteiger partial charge in [0.15, 0.2) is 0 Å². The minimum atomic E-state index is -0.466. The number of primary amides is 1. The molecule has 2 heterocycles. The number of hydrogen-bond acceptors (Lipinski definition) is 5. The third-order valence-electron chi connectivity index (χ3n) is 4.47. The van der Waals surface area contributed by atoms with E-state index in [4.69, 9.17) is 15.2 Å². The number of ether oxygens (including phenoxy) is 2. The molecule has 0 fully saturated rings. The van der Waals surface area contributed by atoms with Crippen molar-refractivity contribution in [3.05, 3.63) is 66.5 Å². The van der Waals surface area contributed by atoms with Crippen LogP contribution in [0.5, 0.6) is 11.5 Å². The number of carbonyl (C=O) groups excluding carboxylic acids is 1. The molecule has 0 spiro atoms. The molecule has 30 heavy (non-hydrogen) atoms. The molecule has 0 aliphatic carbocycles. The van der Waals surface area contributed by atoms with Crippen LogP contribution in [0.4, 0.5) is 0 Å². The molecule has 2 aromatic carbocycles. The van der Waals surface area contributed by atoms with E-state index in [9.17, 15) is 4.79 Å². The van der Waals surface area contributed by atoms with Crippen molar-refractivity contribution in [2.24, 2.45) is 5.73 Å². The van der Waals surface area contributed by atoms with Crippen molar-refractivity contribution in [2.75, 3.05) is 13.7 Å². The van der Waals surface area contributed by atoms with Crippen LogP contribution in [0, 0.1) is 0 Å². The van der Waals surface area contributed by atoms with E-state index in [2.05, 4.69) is 16.0 Å². The number of nitrogens with zero attached hydrogens (tertiary/aromatic N) is 3. The second-order valence-corrected chi connectivity index (χ2v) is 8.58. The Hall–Kier alpha value is -3.35. The average molecular weight is 467 g/mol. The summed E-state index contributed by atoms with van der Waals surface area (Å²) in [5.41, 5.74) is 7.07. The van der Waals surface area contributed by atoms with Gasteiger partial charge in [0, 0.05) is 0 Å². The van der Waals surface area contributed by atoms with E-state index in [-0.39, 0.29) is 15.0 Å². The summed E-state index contributed by atoms with van der Waals surface area (Å²) in [6, 6.07) is 15.1. The zero-order chi connectivity index (χ0) is 21.1. The Morgan fingerprint density at radius 1 is 1.10 bits per heavy atom. The summed E-state index contributed by atoms with van der Waals surface area (Å²) in [6.07, 6.45) is 3.42. The molecular weight excluding hydrogens is 447 g/mol. The molecule has 152 valence electrons. The van der Waals surface area contributed by atoms with E-state index in [1.807, 2.05) is 35.8 Å². The number of rotatable bonds is 7. The van der Waals surface area contributed by atoms with Gasteiger partial charge in [0.05, 0.1) is 0 Å². The van der Waals surface area contributed by atoms with Crippen LogP contribution in [0.2, 0.25) is 0 Å². The maximum atomic E-state index is 12.0. The van der Waals surface area contributed by atoms with E-state index in [0.29, 0.717) is 23.9 Å². The summed E-state index contributed by atoms with van der Waals surface area (Å²) >= 11 is -0.261. The molecule has 7 nitrogen and oxygen atoms in total. The van der Waals surface area contributed by atoms with Crippen molar-refractivity contribution in [3.63, 3.8) is 0 Å². The van der Waals surface area contributed by atoms with Crippen LogP contribution in [0.3, 0.4) is 0 Å². The zero-order valence-corrected chi connectivity index (χ0v) is 18.2. The Kier molecular flexibility index (Phi) is 5.70. The van der Waals surface area contributed by atoms with Gasteiger partial charge in [-0.15, -0.1) is 0 Å². The number of methoxy groups -OCH3 is 1. The van der Waals surface area contributed by atoms with Gasteiger partial charge in [0.2, 0.25) is 0 Å².